The Bertz CT molecular complexity index is 896. The monoisotopic (exact) mass is 371 g/mol. The molecule has 0 radical (unpaired) electrons. The summed E-state index contributed by atoms with van der Waals surface area (Å²) in [6, 6.07) is 6.16. The van der Waals surface area contributed by atoms with Gasteiger partial charge in [0, 0.05) is 10.8 Å². The van der Waals surface area contributed by atoms with E-state index >= 15 is 0 Å². The minimum atomic E-state index is -4.12. The molecule has 2 N–H and O–H groups in total. The Hall–Kier alpha value is -2.16. The molecule has 0 heterocycles. The largest absolute Gasteiger partial charge is 0.495 e. The summed E-state index contributed by atoms with van der Waals surface area (Å²) in [5.41, 5.74) is 0. The minimum absolute atomic E-state index is 0.109. The molecular formula is C15H14ClNO6S. The van der Waals surface area contributed by atoms with Gasteiger partial charge in [-0.3, -0.25) is 4.79 Å². The molecule has 7 nitrogen and oxygen atoms in total. The lowest BCUT2D eigenvalue weighted by Gasteiger charge is -2.14. The summed E-state index contributed by atoms with van der Waals surface area (Å²) in [4.78, 5) is 21.5. The molecule has 2 rings (SSSR count). The molecular weight excluding hydrogens is 358 g/mol. The van der Waals surface area contributed by atoms with Crippen LogP contribution in [0.25, 0.3) is 10.8 Å². The predicted molar refractivity (Wildman–Crippen MR) is 87.9 cm³/mol. The Morgan fingerprint density at radius 2 is 2.04 bits per heavy atom. The molecule has 0 aliphatic carbocycles. The molecule has 2 aromatic rings. The molecule has 0 saturated heterocycles. The van der Waals surface area contributed by atoms with Gasteiger partial charge in [0.05, 0.1) is 29.5 Å². The molecule has 0 aliphatic heterocycles. The smallest absolute Gasteiger partial charge is 0.305 e. The zero-order valence-electron chi connectivity index (χ0n) is 12.5. The van der Waals surface area contributed by atoms with E-state index in [9.17, 15) is 18.0 Å². The van der Waals surface area contributed by atoms with Gasteiger partial charge in [0.1, 0.15) is 12.0 Å². The zero-order valence-corrected chi connectivity index (χ0v) is 14.1. The molecule has 0 bridgehead atoms. The predicted octanol–water partition coefficient (Wildman–Crippen LogP) is 1.82. The fraction of sp³-hybridized carbons (Fsp3) is 0.200. The Morgan fingerprint density at radius 3 is 2.62 bits per heavy atom. The van der Waals surface area contributed by atoms with E-state index in [1.54, 1.807) is 6.07 Å². The van der Waals surface area contributed by atoms with Crippen molar-refractivity contribution < 1.29 is 27.9 Å². The molecule has 1 atom stereocenters. The first-order valence-corrected chi connectivity index (χ1v) is 8.61. The van der Waals surface area contributed by atoms with E-state index in [4.69, 9.17) is 21.4 Å². The summed E-state index contributed by atoms with van der Waals surface area (Å²) in [5, 5.41) is 9.76. The van der Waals surface area contributed by atoms with Crippen molar-refractivity contribution in [3.8, 4) is 5.75 Å². The van der Waals surface area contributed by atoms with Gasteiger partial charge in [0.25, 0.3) is 0 Å². The van der Waals surface area contributed by atoms with Crippen LogP contribution in [0.2, 0.25) is 5.02 Å². The number of hydrogen-bond acceptors (Lipinski definition) is 5. The minimum Gasteiger partial charge on any atom is -0.495 e. The van der Waals surface area contributed by atoms with Crippen LogP contribution in [0, 0.1) is 0 Å². The average Bonchev–Trinajstić information content (AvgIpc) is 2.53. The number of aldehydes is 1. The van der Waals surface area contributed by atoms with Gasteiger partial charge in [-0.25, -0.2) is 13.1 Å². The number of halogens is 1. The normalized spacial score (nSPS) is 12.8. The molecule has 0 saturated carbocycles. The topological polar surface area (TPSA) is 110 Å². The second-order valence-corrected chi connectivity index (χ2v) is 6.96. The molecule has 128 valence electrons. The lowest BCUT2D eigenvalue weighted by molar-refractivity contribution is -0.138. The molecule has 0 unspecified atom stereocenters. The lowest BCUT2D eigenvalue weighted by atomic mass is 10.1. The first kappa shape index (κ1) is 18.2. The number of nitrogens with one attached hydrogen (secondary N) is 1. The van der Waals surface area contributed by atoms with Crippen LogP contribution in [-0.4, -0.2) is 38.9 Å². The van der Waals surface area contributed by atoms with Crippen LogP contribution in [0.1, 0.15) is 6.42 Å². The number of fused-ring (bicyclic) bond motifs is 1. The number of rotatable bonds is 7. The number of carboxylic acids is 1. The number of carbonyl (C=O) groups excluding carboxylic acids is 1. The van der Waals surface area contributed by atoms with Gasteiger partial charge in [0.15, 0.2) is 0 Å². The van der Waals surface area contributed by atoms with E-state index in [-0.39, 0.29) is 16.2 Å². The maximum absolute atomic E-state index is 12.5. The third kappa shape index (κ3) is 3.66. The SMILES string of the molecule is COc1ccc2c(S(=O)(=O)N[C@H](C=O)CC(=O)O)cccc2c1Cl. The Balaban J connectivity index is 2.53. The summed E-state index contributed by atoms with van der Waals surface area (Å²) >= 11 is 6.19. The van der Waals surface area contributed by atoms with Crippen LogP contribution in [0.5, 0.6) is 5.75 Å². The number of ether oxygens (including phenoxy) is 1. The van der Waals surface area contributed by atoms with Crippen molar-refractivity contribution in [1.29, 1.82) is 0 Å². The summed E-state index contributed by atoms with van der Waals surface area (Å²) < 4.78 is 32.2. The second-order valence-electron chi connectivity index (χ2n) is 4.89. The third-order valence-corrected chi connectivity index (χ3v) is 5.23. The maximum atomic E-state index is 12.5. The number of sulfonamides is 1. The van der Waals surface area contributed by atoms with E-state index in [0.717, 1.165) is 0 Å². The molecule has 24 heavy (non-hydrogen) atoms. The molecule has 9 heteroatoms. The van der Waals surface area contributed by atoms with Crippen LogP contribution in [-0.2, 0) is 19.6 Å². The highest BCUT2D eigenvalue weighted by Crippen LogP contribution is 2.35. The van der Waals surface area contributed by atoms with Gasteiger partial charge in [-0.15, -0.1) is 0 Å². The van der Waals surface area contributed by atoms with Gasteiger partial charge in [-0.2, -0.15) is 0 Å². The van der Waals surface area contributed by atoms with Crippen LogP contribution >= 0.6 is 11.6 Å². The van der Waals surface area contributed by atoms with Crippen molar-refractivity contribution in [2.45, 2.75) is 17.4 Å². The highest BCUT2D eigenvalue weighted by molar-refractivity contribution is 7.89. The van der Waals surface area contributed by atoms with Crippen LogP contribution in [0.4, 0.5) is 0 Å². The van der Waals surface area contributed by atoms with Gasteiger partial charge in [-0.05, 0) is 18.2 Å². The number of hydrogen-bond donors (Lipinski definition) is 2. The number of aliphatic carboxylic acids is 1. The van der Waals surface area contributed by atoms with Crippen molar-refractivity contribution in [2.24, 2.45) is 0 Å². The van der Waals surface area contributed by atoms with Gasteiger partial charge < -0.3 is 14.6 Å². The van der Waals surface area contributed by atoms with Crippen molar-refractivity contribution >= 4 is 44.7 Å². The number of carboxylic acid groups (broad SMARTS) is 1. The molecule has 0 amide bonds. The quantitative estimate of drug-likeness (QED) is 0.718. The molecule has 0 fully saturated rings. The zero-order chi connectivity index (χ0) is 17.9. The summed E-state index contributed by atoms with van der Waals surface area (Å²) in [6.45, 7) is 0. The summed E-state index contributed by atoms with van der Waals surface area (Å²) in [6.07, 6.45) is -0.408. The van der Waals surface area contributed by atoms with Crippen LogP contribution < -0.4 is 9.46 Å². The van der Waals surface area contributed by atoms with E-state index in [1.165, 1.54) is 31.4 Å². The highest BCUT2D eigenvalue weighted by Gasteiger charge is 2.24. The van der Waals surface area contributed by atoms with E-state index < -0.39 is 28.5 Å². The van der Waals surface area contributed by atoms with Crippen molar-refractivity contribution in [2.75, 3.05) is 7.11 Å². The van der Waals surface area contributed by atoms with Crippen LogP contribution in [0.15, 0.2) is 35.2 Å². The Labute approximate surface area is 143 Å². The molecule has 2 aromatic carbocycles. The molecule has 0 aromatic heterocycles. The van der Waals surface area contributed by atoms with E-state index in [2.05, 4.69) is 4.72 Å². The Morgan fingerprint density at radius 1 is 1.33 bits per heavy atom. The second kappa shape index (κ2) is 7.16. The van der Waals surface area contributed by atoms with Crippen molar-refractivity contribution in [3.63, 3.8) is 0 Å². The van der Waals surface area contributed by atoms with E-state index in [1.807, 2.05) is 0 Å². The molecule has 0 aliphatic rings. The first-order chi connectivity index (χ1) is 11.3. The fourth-order valence-electron chi connectivity index (χ4n) is 2.23. The number of carbonyl (C=O) groups is 2. The Kier molecular flexibility index (Phi) is 5.43. The van der Waals surface area contributed by atoms with Gasteiger partial charge >= 0.3 is 5.97 Å². The van der Waals surface area contributed by atoms with Crippen molar-refractivity contribution in [1.82, 2.24) is 4.72 Å². The average molecular weight is 372 g/mol. The van der Waals surface area contributed by atoms with Crippen molar-refractivity contribution in [3.05, 3.63) is 35.4 Å². The van der Waals surface area contributed by atoms with Gasteiger partial charge in [-0.1, -0.05) is 23.7 Å². The highest BCUT2D eigenvalue weighted by atomic mass is 35.5. The van der Waals surface area contributed by atoms with Gasteiger partial charge in [0.2, 0.25) is 10.0 Å². The maximum Gasteiger partial charge on any atom is 0.305 e. The standard InChI is InChI=1S/C15H14ClNO6S/c1-23-12-6-5-10-11(15(12)16)3-2-4-13(10)24(21,22)17-9(8-18)7-14(19)20/h2-6,8-9,17H,7H2,1H3,(H,19,20)/t9-/m0/s1. The summed E-state index contributed by atoms with van der Waals surface area (Å²) in [7, 11) is -2.68. The number of methoxy groups -OCH3 is 1. The summed E-state index contributed by atoms with van der Waals surface area (Å²) in [5.74, 6) is -0.899. The van der Waals surface area contributed by atoms with Crippen LogP contribution in [0.3, 0.4) is 0 Å². The van der Waals surface area contributed by atoms with E-state index in [0.29, 0.717) is 16.5 Å². The third-order valence-electron chi connectivity index (χ3n) is 3.30. The lowest BCUT2D eigenvalue weighted by Crippen LogP contribution is -2.37. The fourth-order valence-corrected chi connectivity index (χ4v) is 3.93. The molecule has 0 spiro atoms. The number of benzene rings is 2. The first-order valence-electron chi connectivity index (χ1n) is 6.74.